The number of carbonyl (C=O) groups excluding carboxylic acids is 1. The molecule has 0 N–H and O–H groups in total. The predicted molar refractivity (Wildman–Crippen MR) is 74.8 cm³/mol. The number of rotatable bonds is 0. The first-order valence-electron chi connectivity index (χ1n) is 6.10. The van der Waals surface area contributed by atoms with E-state index in [0.29, 0.717) is 5.78 Å². The summed E-state index contributed by atoms with van der Waals surface area (Å²) in [6.45, 7) is 10.7. The third-order valence-electron chi connectivity index (χ3n) is 3.64. The van der Waals surface area contributed by atoms with Crippen molar-refractivity contribution in [2.75, 3.05) is 0 Å². The third kappa shape index (κ3) is 1.97. The topological polar surface area (TPSA) is 17.1 Å². The molecule has 0 amide bonds. The highest BCUT2D eigenvalue weighted by Crippen LogP contribution is 2.39. The number of hydrogen-bond acceptors (Lipinski definition) is 1. The van der Waals surface area contributed by atoms with Crippen molar-refractivity contribution in [2.45, 2.75) is 46.5 Å². The molecule has 0 radical (unpaired) electrons. The van der Waals surface area contributed by atoms with Gasteiger partial charge in [-0.05, 0) is 41.5 Å². The SMILES string of the molecule is Cc1c(C(C)(C)C)cc2c(c1Br)CC(C)C2=O. The highest BCUT2D eigenvalue weighted by Gasteiger charge is 2.32. The predicted octanol–water partition coefficient (Wildman–Crippen LogP) is 4.43. The van der Waals surface area contributed by atoms with Crippen LogP contribution in [0.1, 0.15) is 54.7 Å². The van der Waals surface area contributed by atoms with Crippen LogP contribution < -0.4 is 0 Å². The lowest BCUT2D eigenvalue weighted by Crippen LogP contribution is -2.15. The summed E-state index contributed by atoms with van der Waals surface area (Å²) >= 11 is 3.68. The second-order valence-corrected chi connectivity index (χ2v) is 6.90. The molecule has 1 aliphatic rings. The Labute approximate surface area is 112 Å². The van der Waals surface area contributed by atoms with Crippen LogP contribution in [0.4, 0.5) is 0 Å². The maximum absolute atomic E-state index is 12.1. The van der Waals surface area contributed by atoms with Crippen LogP contribution in [-0.2, 0) is 11.8 Å². The first-order valence-corrected chi connectivity index (χ1v) is 6.89. The van der Waals surface area contributed by atoms with Gasteiger partial charge in [0.15, 0.2) is 5.78 Å². The van der Waals surface area contributed by atoms with Crippen LogP contribution >= 0.6 is 15.9 Å². The minimum atomic E-state index is 0.0771. The molecular formula is C15H19BrO. The Hall–Kier alpha value is -0.630. The van der Waals surface area contributed by atoms with Gasteiger partial charge in [0, 0.05) is 16.0 Å². The molecule has 2 heteroatoms. The van der Waals surface area contributed by atoms with Crippen LogP contribution in [0.5, 0.6) is 0 Å². The van der Waals surface area contributed by atoms with Crippen LogP contribution in [0, 0.1) is 12.8 Å². The summed E-state index contributed by atoms with van der Waals surface area (Å²) in [6.07, 6.45) is 0.875. The Bertz CT molecular complexity index is 495. The summed E-state index contributed by atoms with van der Waals surface area (Å²) in [5, 5.41) is 0. The van der Waals surface area contributed by atoms with Crippen molar-refractivity contribution < 1.29 is 4.79 Å². The average Bonchev–Trinajstić information content (AvgIpc) is 2.48. The van der Waals surface area contributed by atoms with Gasteiger partial charge in [-0.2, -0.15) is 0 Å². The molecule has 1 aromatic carbocycles. The Balaban J connectivity index is 2.71. The lowest BCUT2D eigenvalue weighted by atomic mass is 9.82. The fraction of sp³-hybridized carbons (Fsp3) is 0.533. The van der Waals surface area contributed by atoms with Gasteiger partial charge in [-0.1, -0.05) is 43.6 Å². The minimum absolute atomic E-state index is 0.0771. The summed E-state index contributed by atoms with van der Waals surface area (Å²) < 4.78 is 1.14. The number of benzene rings is 1. The van der Waals surface area contributed by atoms with E-state index in [9.17, 15) is 4.79 Å². The van der Waals surface area contributed by atoms with E-state index in [1.54, 1.807) is 0 Å². The highest BCUT2D eigenvalue weighted by molar-refractivity contribution is 9.10. The zero-order valence-corrected chi connectivity index (χ0v) is 12.7. The summed E-state index contributed by atoms with van der Waals surface area (Å²) in [4.78, 5) is 12.1. The summed E-state index contributed by atoms with van der Waals surface area (Å²) in [7, 11) is 0. The van der Waals surface area contributed by atoms with Crippen molar-refractivity contribution >= 4 is 21.7 Å². The molecule has 2 rings (SSSR count). The van der Waals surface area contributed by atoms with Gasteiger partial charge < -0.3 is 0 Å². The quantitative estimate of drug-likeness (QED) is 0.692. The second-order valence-electron chi connectivity index (χ2n) is 6.11. The van der Waals surface area contributed by atoms with Gasteiger partial charge in [0.1, 0.15) is 0 Å². The molecule has 1 unspecified atom stereocenters. The largest absolute Gasteiger partial charge is 0.294 e. The van der Waals surface area contributed by atoms with Crippen LogP contribution in [0.3, 0.4) is 0 Å². The van der Waals surface area contributed by atoms with E-state index in [1.165, 1.54) is 16.7 Å². The number of Topliss-reactive ketones (excluding diaryl/α,β-unsaturated/α-hetero) is 1. The van der Waals surface area contributed by atoms with Gasteiger partial charge in [0.2, 0.25) is 0 Å². The number of fused-ring (bicyclic) bond motifs is 1. The molecule has 0 aromatic heterocycles. The fourth-order valence-corrected chi connectivity index (χ4v) is 3.25. The first kappa shape index (κ1) is 12.8. The van der Waals surface area contributed by atoms with E-state index < -0.39 is 0 Å². The molecule has 17 heavy (non-hydrogen) atoms. The molecule has 0 aliphatic heterocycles. The molecule has 0 spiro atoms. The first-order chi connectivity index (χ1) is 7.73. The molecule has 1 atom stereocenters. The molecule has 0 saturated heterocycles. The monoisotopic (exact) mass is 294 g/mol. The lowest BCUT2D eigenvalue weighted by molar-refractivity contribution is 0.0946. The zero-order chi connectivity index (χ0) is 13.0. The van der Waals surface area contributed by atoms with E-state index in [0.717, 1.165) is 16.5 Å². The molecule has 0 fully saturated rings. The van der Waals surface area contributed by atoms with E-state index in [2.05, 4.69) is 49.7 Å². The molecule has 0 bridgehead atoms. The molecular weight excluding hydrogens is 276 g/mol. The molecule has 0 heterocycles. The highest BCUT2D eigenvalue weighted by atomic mass is 79.9. The van der Waals surface area contributed by atoms with Crippen molar-refractivity contribution in [3.63, 3.8) is 0 Å². The Kier molecular flexibility index (Phi) is 2.97. The number of carbonyl (C=O) groups is 1. The van der Waals surface area contributed by atoms with Crippen molar-refractivity contribution in [1.29, 1.82) is 0 Å². The molecule has 1 aromatic rings. The second kappa shape index (κ2) is 3.94. The van der Waals surface area contributed by atoms with Crippen molar-refractivity contribution in [2.24, 2.45) is 5.92 Å². The van der Waals surface area contributed by atoms with Gasteiger partial charge in [0.25, 0.3) is 0 Å². The number of ketones is 1. The number of hydrogen-bond donors (Lipinski definition) is 0. The molecule has 1 nitrogen and oxygen atoms in total. The Morgan fingerprint density at radius 1 is 1.35 bits per heavy atom. The summed E-state index contributed by atoms with van der Waals surface area (Å²) in [5.74, 6) is 0.433. The van der Waals surface area contributed by atoms with Crippen molar-refractivity contribution in [3.05, 3.63) is 32.8 Å². The summed E-state index contributed by atoms with van der Waals surface area (Å²) in [5.41, 5.74) is 4.75. The van der Waals surface area contributed by atoms with Crippen LogP contribution in [0.2, 0.25) is 0 Å². The van der Waals surface area contributed by atoms with Crippen molar-refractivity contribution in [3.8, 4) is 0 Å². The fourth-order valence-electron chi connectivity index (χ4n) is 2.67. The van der Waals surface area contributed by atoms with E-state index >= 15 is 0 Å². The van der Waals surface area contributed by atoms with E-state index in [4.69, 9.17) is 0 Å². The normalized spacial score (nSPS) is 19.6. The minimum Gasteiger partial charge on any atom is -0.294 e. The van der Waals surface area contributed by atoms with Crippen LogP contribution in [0.25, 0.3) is 0 Å². The smallest absolute Gasteiger partial charge is 0.166 e. The maximum atomic E-state index is 12.1. The van der Waals surface area contributed by atoms with Gasteiger partial charge in [-0.3, -0.25) is 4.79 Å². The van der Waals surface area contributed by atoms with Crippen LogP contribution in [-0.4, -0.2) is 5.78 Å². The Morgan fingerprint density at radius 2 is 1.94 bits per heavy atom. The molecule has 0 saturated carbocycles. The third-order valence-corrected chi connectivity index (χ3v) is 4.72. The molecule has 1 aliphatic carbocycles. The standard InChI is InChI=1S/C15H19BrO/c1-8-6-10-11(14(8)17)7-12(15(3,4)5)9(2)13(10)16/h7-8H,6H2,1-5H3. The maximum Gasteiger partial charge on any atom is 0.166 e. The number of halogens is 1. The van der Waals surface area contributed by atoms with E-state index in [-0.39, 0.29) is 11.3 Å². The van der Waals surface area contributed by atoms with Gasteiger partial charge in [-0.25, -0.2) is 0 Å². The zero-order valence-electron chi connectivity index (χ0n) is 11.1. The van der Waals surface area contributed by atoms with E-state index in [1.807, 2.05) is 6.92 Å². The lowest BCUT2D eigenvalue weighted by Gasteiger charge is -2.24. The van der Waals surface area contributed by atoms with Gasteiger partial charge in [-0.15, -0.1) is 0 Å². The van der Waals surface area contributed by atoms with Gasteiger partial charge in [0.05, 0.1) is 0 Å². The molecule has 92 valence electrons. The summed E-state index contributed by atoms with van der Waals surface area (Å²) in [6, 6.07) is 2.11. The van der Waals surface area contributed by atoms with Gasteiger partial charge >= 0.3 is 0 Å². The van der Waals surface area contributed by atoms with Crippen molar-refractivity contribution in [1.82, 2.24) is 0 Å². The van der Waals surface area contributed by atoms with Crippen LogP contribution in [0.15, 0.2) is 10.5 Å². The Morgan fingerprint density at radius 3 is 2.47 bits per heavy atom. The average molecular weight is 295 g/mol.